The van der Waals surface area contributed by atoms with Gasteiger partial charge in [0, 0.05) is 11.5 Å². The lowest BCUT2D eigenvalue weighted by atomic mass is 9.67. The summed E-state index contributed by atoms with van der Waals surface area (Å²) in [6.45, 7) is 2.37. The predicted octanol–water partition coefficient (Wildman–Crippen LogP) is 2.70. The first-order valence-corrected chi connectivity index (χ1v) is 6.04. The molecule has 80 valence electrons. The fraction of sp³-hybridized carbons (Fsp3) is 0.571. The molecule has 2 fully saturated rings. The number of hydrogen-bond acceptors (Lipinski definition) is 1. The van der Waals surface area contributed by atoms with E-state index in [1.165, 1.54) is 24.8 Å². The fourth-order valence-electron chi connectivity index (χ4n) is 3.87. The lowest BCUT2D eigenvalue weighted by Crippen LogP contribution is -2.47. The van der Waals surface area contributed by atoms with Crippen molar-refractivity contribution in [3.63, 3.8) is 0 Å². The van der Waals surface area contributed by atoms with Crippen LogP contribution in [0.5, 0.6) is 0 Å². The van der Waals surface area contributed by atoms with Gasteiger partial charge in [-0.1, -0.05) is 37.3 Å². The van der Waals surface area contributed by atoms with Crippen LogP contribution in [-0.4, -0.2) is 6.04 Å². The molecule has 0 aromatic heterocycles. The standard InChI is InChI=1S/C14H19N/c1-14(11-5-3-2-4-6-11)12-8-7-10(9-12)13(14)15/h2-6,10,12-13H,7-9,15H2,1H3/t10-,12+,13?,14+/m1/s1. The van der Waals surface area contributed by atoms with Crippen LogP contribution in [0.2, 0.25) is 0 Å². The molecule has 0 radical (unpaired) electrons. The summed E-state index contributed by atoms with van der Waals surface area (Å²) >= 11 is 0. The smallest absolute Gasteiger partial charge is 0.0165 e. The van der Waals surface area contributed by atoms with E-state index in [9.17, 15) is 0 Å². The van der Waals surface area contributed by atoms with Crippen molar-refractivity contribution in [1.29, 1.82) is 0 Å². The molecule has 2 aliphatic rings. The van der Waals surface area contributed by atoms with Crippen molar-refractivity contribution in [3.8, 4) is 0 Å². The van der Waals surface area contributed by atoms with Crippen LogP contribution in [0.25, 0.3) is 0 Å². The molecule has 0 saturated heterocycles. The molecule has 15 heavy (non-hydrogen) atoms. The Balaban J connectivity index is 2.04. The maximum atomic E-state index is 6.43. The van der Waals surface area contributed by atoms with Gasteiger partial charge >= 0.3 is 0 Å². The first kappa shape index (κ1) is 9.41. The Morgan fingerprint density at radius 3 is 2.53 bits per heavy atom. The van der Waals surface area contributed by atoms with Crippen molar-refractivity contribution in [2.24, 2.45) is 17.6 Å². The summed E-state index contributed by atoms with van der Waals surface area (Å²) in [6.07, 6.45) is 4.09. The molecule has 1 heteroatoms. The van der Waals surface area contributed by atoms with E-state index < -0.39 is 0 Å². The predicted molar refractivity (Wildman–Crippen MR) is 62.6 cm³/mol. The van der Waals surface area contributed by atoms with Crippen LogP contribution in [0.1, 0.15) is 31.7 Å². The SMILES string of the molecule is C[C@@]1(c2ccccc2)C(N)[C@@H]2CC[C@H]1C2. The maximum Gasteiger partial charge on any atom is 0.0165 e. The van der Waals surface area contributed by atoms with Crippen molar-refractivity contribution in [3.05, 3.63) is 35.9 Å². The lowest BCUT2D eigenvalue weighted by Gasteiger charge is -2.39. The largest absolute Gasteiger partial charge is 0.327 e. The van der Waals surface area contributed by atoms with E-state index >= 15 is 0 Å². The molecule has 1 unspecified atom stereocenters. The minimum atomic E-state index is 0.240. The lowest BCUT2D eigenvalue weighted by molar-refractivity contribution is 0.252. The van der Waals surface area contributed by atoms with Gasteiger partial charge in [-0.3, -0.25) is 0 Å². The zero-order chi connectivity index (χ0) is 10.5. The van der Waals surface area contributed by atoms with Crippen molar-refractivity contribution < 1.29 is 0 Å². The molecule has 0 amide bonds. The summed E-state index contributed by atoms with van der Waals surface area (Å²) in [5.74, 6) is 1.60. The minimum absolute atomic E-state index is 0.240. The Morgan fingerprint density at radius 2 is 1.93 bits per heavy atom. The Kier molecular flexibility index (Phi) is 1.93. The second kappa shape index (κ2) is 3.08. The molecule has 0 aliphatic heterocycles. The van der Waals surface area contributed by atoms with Gasteiger partial charge < -0.3 is 5.73 Å². The first-order valence-electron chi connectivity index (χ1n) is 6.04. The highest BCUT2D eigenvalue weighted by atomic mass is 14.8. The quantitative estimate of drug-likeness (QED) is 0.742. The second-order valence-corrected chi connectivity index (χ2v) is 5.44. The third-order valence-corrected chi connectivity index (χ3v) is 4.92. The van der Waals surface area contributed by atoms with Crippen LogP contribution >= 0.6 is 0 Å². The van der Waals surface area contributed by atoms with Gasteiger partial charge in [-0.05, 0) is 36.7 Å². The Morgan fingerprint density at radius 1 is 1.20 bits per heavy atom. The average Bonchev–Trinajstić information content (AvgIpc) is 2.84. The molecule has 1 aromatic carbocycles. The monoisotopic (exact) mass is 201 g/mol. The number of rotatable bonds is 1. The van der Waals surface area contributed by atoms with Gasteiger partial charge in [-0.25, -0.2) is 0 Å². The molecule has 1 nitrogen and oxygen atoms in total. The molecule has 2 saturated carbocycles. The normalized spacial score (nSPS) is 43.5. The average molecular weight is 201 g/mol. The number of benzene rings is 1. The summed E-state index contributed by atoms with van der Waals surface area (Å²) in [5.41, 5.74) is 8.12. The number of hydrogen-bond donors (Lipinski definition) is 1. The number of nitrogens with two attached hydrogens (primary N) is 1. The van der Waals surface area contributed by atoms with Crippen LogP contribution in [-0.2, 0) is 5.41 Å². The van der Waals surface area contributed by atoms with Crippen LogP contribution < -0.4 is 5.73 Å². The van der Waals surface area contributed by atoms with Crippen LogP contribution in [0.3, 0.4) is 0 Å². The van der Waals surface area contributed by atoms with E-state index in [0.29, 0.717) is 6.04 Å². The summed E-state index contributed by atoms with van der Waals surface area (Å²) in [7, 11) is 0. The van der Waals surface area contributed by atoms with Crippen LogP contribution in [0, 0.1) is 11.8 Å². The van der Waals surface area contributed by atoms with Gasteiger partial charge in [0.25, 0.3) is 0 Å². The molecular formula is C14H19N. The van der Waals surface area contributed by atoms with Crippen molar-refractivity contribution in [1.82, 2.24) is 0 Å². The third-order valence-electron chi connectivity index (χ3n) is 4.92. The van der Waals surface area contributed by atoms with Crippen LogP contribution in [0.4, 0.5) is 0 Å². The van der Waals surface area contributed by atoms with Crippen LogP contribution in [0.15, 0.2) is 30.3 Å². The molecule has 2 bridgehead atoms. The van der Waals surface area contributed by atoms with E-state index in [-0.39, 0.29) is 5.41 Å². The minimum Gasteiger partial charge on any atom is -0.327 e. The topological polar surface area (TPSA) is 26.0 Å². The van der Waals surface area contributed by atoms with E-state index in [0.717, 1.165) is 11.8 Å². The Bertz CT molecular complexity index is 355. The Hall–Kier alpha value is -0.820. The van der Waals surface area contributed by atoms with E-state index in [1.807, 2.05) is 0 Å². The van der Waals surface area contributed by atoms with Gasteiger partial charge in [0.05, 0.1) is 0 Å². The summed E-state index contributed by atoms with van der Waals surface area (Å²) in [4.78, 5) is 0. The molecule has 0 spiro atoms. The van der Waals surface area contributed by atoms with Crippen molar-refractivity contribution >= 4 is 0 Å². The second-order valence-electron chi connectivity index (χ2n) is 5.44. The highest BCUT2D eigenvalue weighted by Crippen LogP contribution is 2.55. The Labute approximate surface area is 91.7 Å². The van der Waals surface area contributed by atoms with E-state index in [2.05, 4.69) is 37.3 Å². The third kappa shape index (κ3) is 1.13. The van der Waals surface area contributed by atoms with E-state index in [4.69, 9.17) is 5.73 Å². The van der Waals surface area contributed by atoms with Gasteiger partial charge in [0.2, 0.25) is 0 Å². The van der Waals surface area contributed by atoms with Crippen molar-refractivity contribution in [2.45, 2.75) is 37.6 Å². The highest BCUT2D eigenvalue weighted by Gasteiger charge is 2.54. The van der Waals surface area contributed by atoms with Gasteiger partial charge in [0.15, 0.2) is 0 Å². The van der Waals surface area contributed by atoms with E-state index in [1.54, 1.807) is 0 Å². The highest BCUT2D eigenvalue weighted by molar-refractivity contribution is 5.32. The number of fused-ring (bicyclic) bond motifs is 2. The first-order chi connectivity index (χ1) is 7.23. The fourth-order valence-corrected chi connectivity index (χ4v) is 3.87. The zero-order valence-corrected chi connectivity index (χ0v) is 9.32. The molecule has 0 heterocycles. The molecular weight excluding hydrogens is 182 g/mol. The van der Waals surface area contributed by atoms with Gasteiger partial charge in [-0.2, -0.15) is 0 Å². The summed E-state index contributed by atoms with van der Waals surface area (Å²) < 4.78 is 0. The van der Waals surface area contributed by atoms with Gasteiger partial charge in [0.1, 0.15) is 0 Å². The molecule has 2 aliphatic carbocycles. The maximum absolute atomic E-state index is 6.43. The molecule has 4 atom stereocenters. The zero-order valence-electron chi connectivity index (χ0n) is 9.32. The van der Waals surface area contributed by atoms with Crippen molar-refractivity contribution in [2.75, 3.05) is 0 Å². The molecule has 2 N–H and O–H groups in total. The summed E-state index contributed by atoms with van der Waals surface area (Å²) in [5, 5.41) is 0. The molecule has 3 rings (SSSR count). The summed E-state index contributed by atoms with van der Waals surface area (Å²) in [6, 6.07) is 11.2. The molecule has 1 aromatic rings. The van der Waals surface area contributed by atoms with Gasteiger partial charge in [-0.15, -0.1) is 0 Å².